The zero-order valence-electron chi connectivity index (χ0n) is 39.2. The second kappa shape index (κ2) is 22.5. The van der Waals surface area contributed by atoms with Gasteiger partial charge in [-0.1, -0.05) is 49.1 Å². The number of benzene rings is 5. The lowest BCUT2D eigenvalue weighted by Crippen LogP contribution is -2.34. The molecule has 3 aliphatic rings. The first-order valence-corrected chi connectivity index (χ1v) is 23.4. The van der Waals surface area contributed by atoms with Crippen LogP contribution in [0.4, 0.5) is 0 Å². The number of aryl methyl sites for hydroxylation is 1. The molecule has 368 valence electrons. The predicted molar refractivity (Wildman–Crippen MR) is 267 cm³/mol. The number of amides is 2. The highest BCUT2D eigenvalue weighted by atomic mass is 16.5. The van der Waals surface area contributed by atoms with Gasteiger partial charge in [-0.3, -0.25) is 33.5 Å². The number of phenolic OH excluding ortho intramolecular Hbond substituents is 1. The van der Waals surface area contributed by atoms with Crippen LogP contribution in [-0.2, 0) is 35.4 Å². The van der Waals surface area contributed by atoms with E-state index in [0.717, 1.165) is 24.0 Å². The number of rotatable bonds is 18. The van der Waals surface area contributed by atoms with E-state index in [4.69, 9.17) is 19.6 Å². The van der Waals surface area contributed by atoms with Crippen molar-refractivity contribution in [2.24, 2.45) is 5.73 Å². The Labute approximate surface area is 412 Å². The van der Waals surface area contributed by atoms with Gasteiger partial charge in [-0.05, 0) is 103 Å². The van der Waals surface area contributed by atoms with Gasteiger partial charge in [0.25, 0.3) is 17.4 Å². The molecule has 1 aliphatic carbocycles. The van der Waals surface area contributed by atoms with Gasteiger partial charge in [0.15, 0.2) is 11.2 Å². The van der Waals surface area contributed by atoms with E-state index >= 15 is 0 Å². The van der Waals surface area contributed by atoms with Crippen molar-refractivity contribution in [3.05, 3.63) is 179 Å². The largest absolute Gasteiger partial charge is 0.507 e. The van der Waals surface area contributed by atoms with E-state index in [1.54, 1.807) is 54.6 Å². The molecule has 1 fully saturated rings. The van der Waals surface area contributed by atoms with Crippen LogP contribution < -0.4 is 33.0 Å². The first-order chi connectivity index (χ1) is 34.8. The summed E-state index contributed by atoms with van der Waals surface area (Å²) in [4.78, 5) is 92.3. The highest BCUT2D eigenvalue weighted by Gasteiger charge is 2.28. The number of nitrogens with two attached hydrogens (primary N) is 1. The number of aromatic carboxylic acids is 1. The quantitative estimate of drug-likeness (QED) is 0.0246. The predicted octanol–water partition coefficient (Wildman–Crippen LogP) is 6.10. The molecule has 0 bridgehead atoms. The fourth-order valence-electron chi connectivity index (χ4n) is 8.57. The number of fused-ring (bicyclic) bond motifs is 2. The Balaban J connectivity index is 0.893. The lowest BCUT2D eigenvalue weighted by Gasteiger charge is -2.19. The van der Waals surface area contributed by atoms with E-state index in [-0.39, 0.29) is 102 Å². The number of Topliss-reactive ketones (excluding diaryl/α,β-unsaturated/α-hetero) is 1. The van der Waals surface area contributed by atoms with Gasteiger partial charge in [0.2, 0.25) is 0 Å². The number of carbonyl (C=O) groups is 4. The van der Waals surface area contributed by atoms with E-state index in [0.29, 0.717) is 52.6 Å². The van der Waals surface area contributed by atoms with Crippen molar-refractivity contribution in [3.8, 4) is 40.0 Å². The molecule has 72 heavy (non-hydrogen) atoms. The molecule has 0 spiro atoms. The summed E-state index contributed by atoms with van der Waals surface area (Å²) in [5.41, 5.74) is 8.27. The molecular weight excluding hydrogens is 923 g/mol. The molecule has 8 rings (SSSR count). The van der Waals surface area contributed by atoms with E-state index in [1.807, 2.05) is 6.92 Å². The zero-order chi connectivity index (χ0) is 50.9. The highest BCUT2D eigenvalue weighted by molar-refractivity contribution is 6.10. The number of ketones is 1. The lowest BCUT2D eigenvalue weighted by molar-refractivity contribution is -0.00214. The second-order valence-corrected chi connectivity index (χ2v) is 17.2. The lowest BCUT2D eigenvalue weighted by atomic mass is 9.88. The van der Waals surface area contributed by atoms with Gasteiger partial charge < -0.3 is 40.5 Å². The molecule has 1 saturated heterocycles. The molecular formula is C55H51N5O12. The zero-order valence-corrected chi connectivity index (χ0v) is 39.2. The summed E-state index contributed by atoms with van der Waals surface area (Å²) in [6.07, 6.45) is 4.00. The van der Waals surface area contributed by atoms with Crippen molar-refractivity contribution in [2.75, 3.05) is 19.8 Å². The summed E-state index contributed by atoms with van der Waals surface area (Å²) in [6, 6.07) is 24.8. The third-order valence-electron chi connectivity index (χ3n) is 12.5. The van der Waals surface area contributed by atoms with Crippen molar-refractivity contribution in [3.63, 3.8) is 0 Å². The summed E-state index contributed by atoms with van der Waals surface area (Å²) in [6.45, 7) is 2.59. The van der Waals surface area contributed by atoms with Gasteiger partial charge >= 0.3 is 11.7 Å². The van der Waals surface area contributed by atoms with Crippen LogP contribution in [0.2, 0.25) is 0 Å². The number of H-pyrrole nitrogens is 1. The van der Waals surface area contributed by atoms with Gasteiger partial charge in [0, 0.05) is 77.0 Å². The van der Waals surface area contributed by atoms with Gasteiger partial charge in [-0.2, -0.15) is 0 Å². The van der Waals surface area contributed by atoms with Crippen molar-refractivity contribution < 1.29 is 43.3 Å². The Morgan fingerprint density at radius 3 is 2.28 bits per heavy atom. The molecule has 0 radical (unpaired) electrons. The monoisotopic (exact) mass is 973 g/mol. The molecule has 2 aliphatic heterocycles. The van der Waals surface area contributed by atoms with Crippen molar-refractivity contribution in [2.45, 2.75) is 70.9 Å². The number of aromatic hydroxyl groups is 1. The smallest absolute Gasteiger partial charge is 0.336 e. The van der Waals surface area contributed by atoms with Gasteiger partial charge in [-0.25, -0.2) is 9.59 Å². The number of ether oxygens (including phenoxy) is 2. The minimum Gasteiger partial charge on any atom is -0.507 e. The van der Waals surface area contributed by atoms with Crippen LogP contribution in [0.5, 0.6) is 5.75 Å². The summed E-state index contributed by atoms with van der Waals surface area (Å²) < 4.78 is 19.1. The molecule has 3 heterocycles. The van der Waals surface area contributed by atoms with Crippen LogP contribution in [0, 0.1) is 11.8 Å². The summed E-state index contributed by atoms with van der Waals surface area (Å²) in [5, 5.41) is 27.4. The number of nitrogens with one attached hydrogen (secondary N) is 3. The Hall–Kier alpha value is -8.43. The molecule has 2 atom stereocenters. The van der Waals surface area contributed by atoms with E-state index < -0.39 is 29.4 Å². The van der Waals surface area contributed by atoms with Crippen LogP contribution >= 0.6 is 0 Å². The summed E-state index contributed by atoms with van der Waals surface area (Å²) in [7, 11) is 0. The van der Waals surface area contributed by atoms with E-state index in [2.05, 4.69) is 27.5 Å². The molecule has 2 amide bonds. The average molecular weight is 974 g/mol. The van der Waals surface area contributed by atoms with Crippen LogP contribution in [0.1, 0.15) is 103 Å². The first kappa shape index (κ1) is 50.0. The number of aromatic nitrogens is 2. The third kappa shape index (κ3) is 11.4. The summed E-state index contributed by atoms with van der Waals surface area (Å²) >= 11 is 0. The van der Waals surface area contributed by atoms with Crippen LogP contribution in [0.25, 0.3) is 33.4 Å². The molecule has 7 N–H and O–H groups in total. The van der Waals surface area contributed by atoms with Crippen molar-refractivity contribution in [1.82, 2.24) is 20.2 Å². The van der Waals surface area contributed by atoms with Crippen LogP contribution in [0.3, 0.4) is 0 Å². The maximum absolute atomic E-state index is 13.8. The van der Waals surface area contributed by atoms with E-state index in [9.17, 15) is 43.8 Å². The minimum atomic E-state index is -1.27. The highest BCUT2D eigenvalue weighted by Crippen LogP contribution is 2.44. The van der Waals surface area contributed by atoms with Gasteiger partial charge in [-0.15, -0.1) is 0 Å². The maximum atomic E-state index is 13.8. The summed E-state index contributed by atoms with van der Waals surface area (Å²) in [5.74, 6) is 3.30. The Kier molecular flexibility index (Phi) is 15.6. The fraction of sp³-hybridized carbons (Fsp3) is 0.255. The Morgan fingerprint density at radius 2 is 1.57 bits per heavy atom. The molecule has 0 saturated carbocycles. The van der Waals surface area contributed by atoms with Crippen LogP contribution in [-0.4, -0.2) is 69.2 Å². The molecule has 0 unspecified atom stereocenters. The van der Waals surface area contributed by atoms with Gasteiger partial charge in [0.1, 0.15) is 29.9 Å². The number of hydrogen-bond acceptors (Lipinski definition) is 12. The second-order valence-electron chi connectivity index (χ2n) is 17.2. The Morgan fingerprint density at radius 1 is 0.847 bits per heavy atom. The minimum absolute atomic E-state index is 0.0488. The number of aromatic amines is 1. The number of carbonyl (C=O) groups excluding carboxylic acids is 3. The molecule has 1 aromatic heterocycles. The number of phenols is 1. The standard InChI is InChI=1S/C55H51N5O12/c1-2-39-17-23-48(71-39)60-31-37(53(66)59-55(60)69)5-3-4-25-70-26-24-57-51(64)34-11-6-32(7-12-34)10-21-45(62)36-15-18-40(54(67)68)43(27-36)49-41-19-16-38(61)28-47(41)72-50-42(49)20-22-46(63)44(50)30-58-52(65)35-13-8-33(29-56)9-14-35/h6-9,11-16,18-20,22,27-28,31,39,48,63H,2,5,10,17,21,23-26,29-30,56H2,1H3,(H,57,64)(H,58,65)(H,67,68)(H,59,66,69)/t39-,48-/m1/s1. The molecule has 4 aromatic carbocycles. The Bertz CT molecular complexity index is 3400. The normalized spacial score (nSPS) is 14.2. The van der Waals surface area contributed by atoms with Gasteiger partial charge in [0.05, 0.1) is 30.4 Å². The molecule has 5 aromatic rings. The SMILES string of the molecule is CC[C@@H]1CC[C@H](n2cc(CC#CCOCCNC(=O)c3ccc(CCC(=O)c4ccc(C(=O)O)c(-c5c6ccc(=O)cc-6oc6c(CNC(=O)c7ccc(CN)cc7)c(O)ccc56)c4)cc3)c(=O)[nH]c2=O)O1. The van der Waals surface area contributed by atoms with E-state index in [1.165, 1.54) is 53.2 Å². The maximum Gasteiger partial charge on any atom is 0.336 e. The van der Waals surface area contributed by atoms with Crippen molar-refractivity contribution >= 4 is 34.5 Å². The third-order valence-corrected chi connectivity index (χ3v) is 12.5. The first-order valence-electron chi connectivity index (χ1n) is 23.4. The average Bonchev–Trinajstić information content (AvgIpc) is 3.87. The topological polar surface area (TPSA) is 262 Å². The number of carboxylic acid groups (broad SMARTS) is 1. The number of hydrogen-bond donors (Lipinski definition) is 6. The molecule has 17 heteroatoms. The van der Waals surface area contributed by atoms with Crippen molar-refractivity contribution in [1.29, 1.82) is 0 Å². The fourth-order valence-corrected chi connectivity index (χ4v) is 8.57. The molecule has 17 nitrogen and oxygen atoms in total. The van der Waals surface area contributed by atoms with Crippen LogP contribution in [0.15, 0.2) is 122 Å². The number of nitrogens with zero attached hydrogens (tertiary/aromatic N) is 1. The number of carboxylic acids is 1.